The maximum Gasteiger partial charge on any atom is 0.301 e. The second-order valence-electron chi connectivity index (χ2n) is 9.22. The molecule has 1 unspecified atom stereocenters. The second-order valence-corrected chi connectivity index (χ2v) is 11.4. The van der Waals surface area contributed by atoms with Gasteiger partial charge in [-0.25, -0.2) is 8.78 Å². The first-order valence-corrected chi connectivity index (χ1v) is 14.7. The van der Waals surface area contributed by atoms with Crippen LogP contribution >= 0.6 is 23.1 Å². The van der Waals surface area contributed by atoms with Crippen LogP contribution in [0.15, 0.2) is 82.7 Å². The molecule has 1 aliphatic rings. The molecule has 1 atom stereocenters. The van der Waals surface area contributed by atoms with Crippen LogP contribution in [0, 0.1) is 11.6 Å². The number of benzene rings is 3. The van der Waals surface area contributed by atoms with Crippen molar-refractivity contribution in [3.63, 3.8) is 0 Å². The van der Waals surface area contributed by atoms with Crippen LogP contribution in [0.2, 0.25) is 0 Å². The SMILES string of the molecule is CCCCOc1ccc(C(O)=C2C(=O)C(=O)N(c3nnc(SCc4ccc(F)cc4)s3)C2c2cccc(F)c2)cc1. The number of unbranched alkanes of at least 4 members (excludes halogenated alkanes) is 1. The van der Waals surface area contributed by atoms with Crippen molar-refractivity contribution >= 4 is 45.7 Å². The van der Waals surface area contributed by atoms with Crippen molar-refractivity contribution < 1.29 is 28.2 Å². The molecule has 2 heterocycles. The molecule has 41 heavy (non-hydrogen) atoms. The average Bonchev–Trinajstić information content (AvgIpc) is 3.55. The van der Waals surface area contributed by atoms with Gasteiger partial charge in [-0.3, -0.25) is 14.5 Å². The third-order valence-electron chi connectivity index (χ3n) is 6.38. The van der Waals surface area contributed by atoms with Gasteiger partial charge in [-0.15, -0.1) is 10.2 Å². The maximum absolute atomic E-state index is 14.3. The minimum absolute atomic E-state index is 0.127. The zero-order chi connectivity index (χ0) is 28.9. The van der Waals surface area contributed by atoms with E-state index in [0.29, 0.717) is 33.6 Å². The zero-order valence-electron chi connectivity index (χ0n) is 21.9. The number of aliphatic hydroxyl groups is 1. The van der Waals surface area contributed by atoms with Crippen LogP contribution in [0.25, 0.3) is 5.76 Å². The smallest absolute Gasteiger partial charge is 0.301 e. The molecule has 1 fully saturated rings. The lowest BCUT2D eigenvalue weighted by Crippen LogP contribution is -2.29. The van der Waals surface area contributed by atoms with Gasteiger partial charge in [-0.05, 0) is 66.1 Å². The number of halogens is 2. The molecular weight excluding hydrogens is 568 g/mol. The third-order valence-corrected chi connectivity index (χ3v) is 8.51. The summed E-state index contributed by atoms with van der Waals surface area (Å²) < 4.78 is 33.7. The molecule has 1 aliphatic heterocycles. The van der Waals surface area contributed by atoms with Crippen molar-refractivity contribution in [2.45, 2.75) is 35.9 Å². The lowest BCUT2D eigenvalue weighted by atomic mass is 9.95. The highest BCUT2D eigenvalue weighted by atomic mass is 32.2. The number of anilines is 1. The lowest BCUT2D eigenvalue weighted by Gasteiger charge is -2.22. The predicted molar refractivity (Wildman–Crippen MR) is 154 cm³/mol. The van der Waals surface area contributed by atoms with E-state index >= 15 is 0 Å². The normalized spacial score (nSPS) is 16.4. The molecule has 0 spiro atoms. The van der Waals surface area contributed by atoms with Crippen molar-refractivity contribution in [3.8, 4) is 5.75 Å². The van der Waals surface area contributed by atoms with E-state index in [1.54, 1.807) is 42.5 Å². The van der Waals surface area contributed by atoms with E-state index < -0.39 is 29.3 Å². The number of aromatic nitrogens is 2. The van der Waals surface area contributed by atoms with E-state index in [1.165, 1.54) is 42.1 Å². The fourth-order valence-electron chi connectivity index (χ4n) is 4.30. The monoisotopic (exact) mass is 593 g/mol. The summed E-state index contributed by atoms with van der Waals surface area (Å²) in [6.07, 6.45) is 1.89. The van der Waals surface area contributed by atoms with E-state index in [2.05, 4.69) is 17.1 Å². The topological polar surface area (TPSA) is 92.6 Å². The average molecular weight is 594 g/mol. The van der Waals surface area contributed by atoms with Crippen LogP contribution in [0.3, 0.4) is 0 Å². The highest BCUT2D eigenvalue weighted by Gasteiger charge is 2.48. The Labute approximate surface area is 243 Å². The molecule has 1 N–H and O–H groups in total. The Kier molecular flexibility index (Phi) is 8.75. The maximum atomic E-state index is 14.3. The molecule has 0 radical (unpaired) electrons. The predicted octanol–water partition coefficient (Wildman–Crippen LogP) is 6.91. The number of rotatable bonds is 10. The molecule has 4 aromatic rings. The van der Waals surface area contributed by atoms with Gasteiger partial charge in [0.1, 0.15) is 23.1 Å². The molecule has 0 bridgehead atoms. The first-order chi connectivity index (χ1) is 19.9. The second kappa shape index (κ2) is 12.6. The number of thioether (sulfide) groups is 1. The standard InChI is InChI=1S/C30H25F2N3O4S2/c1-2-3-15-39-23-13-9-19(10-14-23)26(36)24-25(20-5-4-6-22(32)16-20)35(28(38)27(24)37)29-33-34-30(41-29)40-17-18-7-11-21(31)12-8-18/h4-14,16,25,36H,2-3,15,17H2,1H3. The van der Waals surface area contributed by atoms with Gasteiger partial charge in [0.15, 0.2) is 4.34 Å². The van der Waals surface area contributed by atoms with E-state index in [-0.39, 0.29) is 16.5 Å². The molecule has 0 saturated carbocycles. The van der Waals surface area contributed by atoms with E-state index in [0.717, 1.165) is 34.6 Å². The van der Waals surface area contributed by atoms with Crippen LogP contribution < -0.4 is 9.64 Å². The summed E-state index contributed by atoms with van der Waals surface area (Å²) >= 11 is 2.43. The summed E-state index contributed by atoms with van der Waals surface area (Å²) in [5.41, 5.74) is 1.28. The lowest BCUT2D eigenvalue weighted by molar-refractivity contribution is -0.132. The number of carbonyl (C=O) groups excluding carboxylic acids is 2. The van der Waals surface area contributed by atoms with Gasteiger partial charge in [0.25, 0.3) is 5.78 Å². The third kappa shape index (κ3) is 6.31. The Morgan fingerprint density at radius 2 is 1.78 bits per heavy atom. The molecule has 0 aliphatic carbocycles. The number of aliphatic hydroxyl groups excluding tert-OH is 1. The van der Waals surface area contributed by atoms with Crippen molar-refractivity contribution in [1.29, 1.82) is 0 Å². The van der Waals surface area contributed by atoms with E-state index in [9.17, 15) is 23.5 Å². The zero-order valence-corrected chi connectivity index (χ0v) is 23.6. The summed E-state index contributed by atoms with van der Waals surface area (Å²) in [6, 6.07) is 17.0. The van der Waals surface area contributed by atoms with Crippen LogP contribution in [0.1, 0.15) is 42.5 Å². The van der Waals surface area contributed by atoms with Crippen LogP contribution in [-0.4, -0.2) is 33.6 Å². The molecule has 1 aromatic heterocycles. The first-order valence-electron chi connectivity index (χ1n) is 12.9. The Balaban J connectivity index is 1.48. The molecule has 7 nitrogen and oxygen atoms in total. The number of nitrogens with zero attached hydrogens (tertiary/aromatic N) is 3. The number of amides is 1. The Hall–Kier alpha value is -4.09. The van der Waals surface area contributed by atoms with E-state index in [4.69, 9.17) is 4.74 Å². The van der Waals surface area contributed by atoms with Crippen molar-refractivity contribution in [1.82, 2.24) is 10.2 Å². The van der Waals surface area contributed by atoms with Gasteiger partial charge in [0.2, 0.25) is 5.13 Å². The Bertz CT molecular complexity index is 1590. The number of hydrogen-bond donors (Lipinski definition) is 1. The fraction of sp³-hybridized carbons (Fsp3) is 0.200. The Morgan fingerprint density at radius 1 is 1.02 bits per heavy atom. The largest absolute Gasteiger partial charge is 0.507 e. The van der Waals surface area contributed by atoms with E-state index in [1.807, 2.05) is 0 Å². The summed E-state index contributed by atoms with van der Waals surface area (Å²) in [7, 11) is 0. The number of carbonyl (C=O) groups is 2. The molecule has 1 amide bonds. The molecule has 3 aromatic carbocycles. The molecule has 210 valence electrons. The first kappa shape index (κ1) is 28.4. The quantitative estimate of drug-likeness (QED) is 0.0533. The van der Waals surface area contributed by atoms with Gasteiger partial charge in [-0.2, -0.15) is 0 Å². The molecule has 1 saturated heterocycles. The minimum atomic E-state index is -1.13. The van der Waals surface area contributed by atoms with Crippen LogP contribution in [0.5, 0.6) is 5.75 Å². The summed E-state index contributed by atoms with van der Waals surface area (Å²) in [5, 5.41) is 19.7. The summed E-state index contributed by atoms with van der Waals surface area (Å²) in [5.74, 6) is -2.02. The summed E-state index contributed by atoms with van der Waals surface area (Å²) in [6.45, 7) is 2.61. The molecule has 11 heteroatoms. The van der Waals surface area contributed by atoms with Gasteiger partial charge in [0, 0.05) is 11.3 Å². The van der Waals surface area contributed by atoms with Gasteiger partial charge < -0.3 is 9.84 Å². The summed E-state index contributed by atoms with van der Waals surface area (Å²) in [4.78, 5) is 27.9. The highest BCUT2D eigenvalue weighted by molar-refractivity contribution is 8.00. The number of ether oxygens (including phenoxy) is 1. The van der Waals surface area contributed by atoms with Gasteiger partial charge in [-0.1, -0.05) is 60.7 Å². The molecule has 5 rings (SSSR count). The van der Waals surface area contributed by atoms with Gasteiger partial charge in [0.05, 0.1) is 18.2 Å². The van der Waals surface area contributed by atoms with Crippen molar-refractivity contribution in [3.05, 3.63) is 107 Å². The van der Waals surface area contributed by atoms with Crippen LogP contribution in [0.4, 0.5) is 13.9 Å². The van der Waals surface area contributed by atoms with Crippen LogP contribution in [-0.2, 0) is 15.3 Å². The number of hydrogen-bond acceptors (Lipinski definition) is 8. The highest BCUT2D eigenvalue weighted by Crippen LogP contribution is 2.44. The number of ketones is 1. The minimum Gasteiger partial charge on any atom is -0.507 e. The fourth-order valence-corrected chi connectivity index (χ4v) is 6.13. The molecular formula is C30H25F2N3O4S2. The Morgan fingerprint density at radius 3 is 2.49 bits per heavy atom. The number of Topliss-reactive ketones (excluding diaryl/α,β-unsaturated/α-hetero) is 1. The van der Waals surface area contributed by atoms with Crippen molar-refractivity contribution in [2.75, 3.05) is 11.5 Å². The van der Waals surface area contributed by atoms with Crippen molar-refractivity contribution in [2.24, 2.45) is 0 Å². The van der Waals surface area contributed by atoms with Gasteiger partial charge >= 0.3 is 5.91 Å².